The Morgan fingerprint density at radius 2 is 1.94 bits per heavy atom. The first-order chi connectivity index (χ1) is 8.17. The molecule has 0 spiro atoms. The lowest BCUT2D eigenvalue weighted by Gasteiger charge is -2.12. The van der Waals surface area contributed by atoms with E-state index in [0.29, 0.717) is 22.6 Å². The maximum atomic E-state index is 12.7. The van der Waals surface area contributed by atoms with Crippen LogP contribution in [0.2, 0.25) is 0 Å². The summed E-state index contributed by atoms with van der Waals surface area (Å²) in [4.78, 5) is 11.8. The molecule has 0 atom stereocenters. The Labute approximate surface area is 99.5 Å². The van der Waals surface area contributed by atoms with Crippen LogP contribution in [-0.4, -0.2) is 26.5 Å². The minimum Gasteiger partial charge on any atom is -0.496 e. The molecule has 94 valence electrons. The van der Waals surface area contributed by atoms with E-state index in [1.165, 1.54) is 26.4 Å². The average Bonchev–Trinajstić information content (AvgIpc) is 2.37. The van der Waals surface area contributed by atoms with Gasteiger partial charge < -0.3 is 15.2 Å². The number of nitrogens with two attached hydrogens (primary N) is 1. The maximum absolute atomic E-state index is 12.7. The smallest absolute Gasteiger partial charge is 0.167 e. The van der Waals surface area contributed by atoms with Crippen molar-refractivity contribution in [3.63, 3.8) is 0 Å². The van der Waals surface area contributed by atoms with Gasteiger partial charge >= 0.3 is 0 Å². The number of ketones is 1. The molecule has 0 saturated carbocycles. The van der Waals surface area contributed by atoms with E-state index in [1.54, 1.807) is 0 Å². The zero-order valence-electron chi connectivity index (χ0n) is 9.96. The molecular weight excluding hydrogens is 225 g/mol. The predicted octanol–water partition coefficient (Wildman–Crippen LogP) is 1.70. The first-order valence-electron chi connectivity index (χ1n) is 5.22. The fraction of sp³-hybridized carbons (Fsp3) is 0.417. The van der Waals surface area contributed by atoms with Crippen LogP contribution in [0.15, 0.2) is 12.1 Å². The summed E-state index contributed by atoms with van der Waals surface area (Å²) in [5.74, 6) is 0.540. The molecule has 1 aromatic carbocycles. The molecule has 0 aliphatic rings. The molecule has 0 aliphatic carbocycles. The third-order valence-electron chi connectivity index (χ3n) is 2.42. The van der Waals surface area contributed by atoms with E-state index in [0.717, 1.165) is 0 Å². The Bertz CT molecular complexity index is 407. The van der Waals surface area contributed by atoms with Crippen LogP contribution in [0.4, 0.5) is 4.39 Å². The highest BCUT2D eigenvalue weighted by Crippen LogP contribution is 2.30. The molecule has 0 bridgehead atoms. The summed E-state index contributed by atoms with van der Waals surface area (Å²) in [7, 11) is 2.86. The quantitative estimate of drug-likeness (QED) is 0.770. The van der Waals surface area contributed by atoms with Crippen molar-refractivity contribution in [1.29, 1.82) is 0 Å². The standard InChI is InChI=1S/C12H16FNO3/c1-16-11-6-9(10(15)3-4-14)12(17-2)5-8(11)7-13/h5-6H,3-4,7,14H2,1-2H3. The Hall–Kier alpha value is -1.62. The monoisotopic (exact) mass is 241 g/mol. The van der Waals surface area contributed by atoms with Gasteiger partial charge in [0.05, 0.1) is 19.8 Å². The number of carbonyl (C=O) groups is 1. The summed E-state index contributed by atoms with van der Waals surface area (Å²) in [6, 6.07) is 2.97. The first kappa shape index (κ1) is 13.4. The predicted molar refractivity (Wildman–Crippen MR) is 62.4 cm³/mol. The molecule has 0 unspecified atom stereocenters. The molecule has 0 saturated heterocycles. The van der Waals surface area contributed by atoms with Crippen molar-refractivity contribution >= 4 is 5.78 Å². The van der Waals surface area contributed by atoms with Gasteiger partial charge in [-0.05, 0) is 18.7 Å². The summed E-state index contributed by atoms with van der Waals surface area (Å²) in [5.41, 5.74) is 6.05. The Morgan fingerprint density at radius 3 is 2.41 bits per heavy atom. The zero-order chi connectivity index (χ0) is 12.8. The largest absolute Gasteiger partial charge is 0.496 e. The molecule has 2 N–H and O–H groups in total. The molecule has 1 rings (SSSR count). The second-order valence-corrected chi connectivity index (χ2v) is 3.46. The van der Waals surface area contributed by atoms with Crippen LogP contribution in [0.1, 0.15) is 22.3 Å². The van der Waals surface area contributed by atoms with E-state index >= 15 is 0 Å². The van der Waals surface area contributed by atoms with Gasteiger partial charge in [0.25, 0.3) is 0 Å². The van der Waals surface area contributed by atoms with Gasteiger partial charge in [-0.25, -0.2) is 4.39 Å². The Morgan fingerprint density at radius 1 is 1.29 bits per heavy atom. The van der Waals surface area contributed by atoms with Crippen molar-refractivity contribution in [2.45, 2.75) is 13.1 Å². The molecule has 0 amide bonds. The summed E-state index contributed by atoms with van der Waals surface area (Å²) in [6.45, 7) is -0.417. The van der Waals surface area contributed by atoms with E-state index < -0.39 is 6.67 Å². The van der Waals surface area contributed by atoms with Gasteiger partial charge in [-0.1, -0.05) is 0 Å². The van der Waals surface area contributed by atoms with Crippen LogP contribution in [0.5, 0.6) is 11.5 Å². The van der Waals surface area contributed by atoms with E-state index in [9.17, 15) is 9.18 Å². The van der Waals surface area contributed by atoms with Crippen LogP contribution in [0.3, 0.4) is 0 Å². The molecule has 0 radical (unpaired) electrons. The molecule has 5 heteroatoms. The normalized spacial score (nSPS) is 10.1. The molecule has 0 heterocycles. The number of rotatable bonds is 6. The fourth-order valence-electron chi connectivity index (χ4n) is 1.55. The second kappa shape index (κ2) is 6.20. The van der Waals surface area contributed by atoms with Crippen molar-refractivity contribution in [3.8, 4) is 11.5 Å². The third-order valence-corrected chi connectivity index (χ3v) is 2.42. The summed E-state index contributed by atoms with van der Waals surface area (Å²) < 4.78 is 22.8. The highest BCUT2D eigenvalue weighted by Gasteiger charge is 2.16. The molecule has 0 aliphatic heterocycles. The maximum Gasteiger partial charge on any atom is 0.167 e. The van der Waals surface area contributed by atoms with Gasteiger partial charge in [0.2, 0.25) is 0 Å². The van der Waals surface area contributed by atoms with Gasteiger partial charge in [0.1, 0.15) is 18.2 Å². The molecule has 0 aromatic heterocycles. The van der Waals surface area contributed by atoms with Crippen LogP contribution >= 0.6 is 0 Å². The third kappa shape index (κ3) is 2.94. The van der Waals surface area contributed by atoms with Gasteiger partial charge in [-0.3, -0.25) is 4.79 Å². The number of methoxy groups -OCH3 is 2. The Kier molecular flexibility index (Phi) is 4.90. The zero-order valence-corrected chi connectivity index (χ0v) is 9.96. The first-order valence-corrected chi connectivity index (χ1v) is 5.22. The molecule has 17 heavy (non-hydrogen) atoms. The summed E-state index contributed by atoms with van der Waals surface area (Å²) in [6.07, 6.45) is 0.217. The summed E-state index contributed by atoms with van der Waals surface area (Å²) >= 11 is 0. The minimum absolute atomic E-state index is 0.145. The van der Waals surface area contributed by atoms with E-state index in [-0.39, 0.29) is 18.7 Å². The lowest BCUT2D eigenvalue weighted by molar-refractivity contribution is 0.0982. The van der Waals surface area contributed by atoms with Crippen LogP contribution in [0, 0.1) is 0 Å². The molecule has 4 nitrogen and oxygen atoms in total. The van der Waals surface area contributed by atoms with Crippen molar-refractivity contribution in [2.24, 2.45) is 5.73 Å². The van der Waals surface area contributed by atoms with Crippen molar-refractivity contribution in [2.75, 3.05) is 20.8 Å². The van der Waals surface area contributed by atoms with Gasteiger partial charge in [-0.2, -0.15) is 0 Å². The number of Topliss-reactive ketones (excluding diaryl/α,β-unsaturated/α-hetero) is 1. The highest BCUT2D eigenvalue weighted by atomic mass is 19.1. The van der Waals surface area contributed by atoms with Gasteiger partial charge in [0.15, 0.2) is 5.78 Å². The van der Waals surface area contributed by atoms with Gasteiger partial charge in [-0.15, -0.1) is 0 Å². The summed E-state index contributed by atoms with van der Waals surface area (Å²) in [5, 5.41) is 0. The number of hydrogen-bond donors (Lipinski definition) is 1. The molecular formula is C12H16FNO3. The number of alkyl halides is 1. The van der Waals surface area contributed by atoms with Crippen molar-refractivity contribution in [3.05, 3.63) is 23.3 Å². The average molecular weight is 241 g/mol. The van der Waals surface area contributed by atoms with Gasteiger partial charge in [0, 0.05) is 12.0 Å². The number of hydrogen-bond acceptors (Lipinski definition) is 4. The van der Waals surface area contributed by atoms with Crippen LogP contribution in [0.25, 0.3) is 0 Å². The van der Waals surface area contributed by atoms with Crippen LogP contribution < -0.4 is 15.2 Å². The van der Waals surface area contributed by atoms with Crippen LogP contribution in [-0.2, 0) is 6.67 Å². The van der Waals surface area contributed by atoms with E-state index in [2.05, 4.69) is 0 Å². The lowest BCUT2D eigenvalue weighted by Crippen LogP contribution is -2.10. The van der Waals surface area contributed by atoms with Crippen molar-refractivity contribution < 1.29 is 18.7 Å². The Balaban J connectivity index is 3.23. The number of halogens is 1. The van der Waals surface area contributed by atoms with E-state index in [4.69, 9.17) is 15.2 Å². The lowest BCUT2D eigenvalue weighted by atomic mass is 10.0. The van der Waals surface area contributed by atoms with Crippen molar-refractivity contribution in [1.82, 2.24) is 0 Å². The number of benzene rings is 1. The number of ether oxygens (including phenoxy) is 2. The minimum atomic E-state index is -0.676. The fourth-order valence-corrected chi connectivity index (χ4v) is 1.55. The number of carbonyl (C=O) groups excluding carboxylic acids is 1. The highest BCUT2D eigenvalue weighted by molar-refractivity contribution is 5.99. The topological polar surface area (TPSA) is 61.5 Å². The molecule has 0 fully saturated rings. The van der Waals surface area contributed by atoms with E-state index in [1.807, 2.05) is 0 Å². The molecule has 1 aromatic rings. The second-order valence-electron chi connectivity index (χ2n) is 3.46. The SMILES string of the molecule is COc1cc(C(=O)CCN)c(OC)cc1CF.